The van der Waals surface area contributed by atoms with Crippen molar-refractivity contribution in [3.05, 3.63) is 65.5 Å². The number of amides is 1. The molecule has 3 aromatic rings. The topological polar surface area (TPSA) is 82.1 Å². The van der Waals surface area contributed by atoms with Crippen molar-refractivity contribution < 1.29 is 19.4 Å². The van der Waals surface area contributed by atoms with Gasteiger partial charge in [-0.1, -0.05) is 42.5 Å². The van der Waals surface area contributed by atoms with Crippen molar-refractivity contribution in [1.29, 1.82) is 0 Å². The molecule has 0 saturated carbocycles. The van der Waals surface area contributed by atoms with E-state index in [-0.39, 0.29) is 24.8 Å². The normalized spacial score (nSPS) is 14.2. The van der Waals surface area contributed by atoms with Crippen LogP contribution >= 0.6 is 11.3 Å². The number of thiophene rings is 1. The largest absolute Gasteiger partial charge is 0.506 e. The summed E-state index contributed by atoms with van der Waals surface area (Å²) in [6, 6.07) is 16.9. The monoisotopic (exact) mass is 465 g/mol. The van der Waals surface area contributed by atoms with Gasteiger partial charge in [0.2, 0.25) is 5.91 Å². The summed E-state index contributed by atoms with van der Waals surface area (Å²) < 4.78 is 5.26. The number of para-hydroxylation sites is 2. The quantitative estimate of drug-likeness (QED) is 0.512. The molecule has 1 fully saturated rings. The molecule has 2 N–H and O–H groups in total. The summed E-state index contributed by atoms with van der Waals surface area (Å²) in [5.41, 5.74) is 2.86. The van der Waals surface area contributed by atoms with Crippen molar-refractivity contribution >= 4 is 33.9 Å². The zero-order valence-corrected chi connectivity index (χ0v) is 19.3. The van der Waals surface area contributed by atoms with Crippen molar-refractivity contribution in [2.75, 3.05) is 49.5 Å². The number of phenols is 1. The molecule has 2 heterocycles. The first-order chi connectivity index (χ1) is 16.1. The molecule has 0 spiro atoms. The number of hydrogen-bond donors (Lipinski definition) is 2. The molecule has 172 valence electrons. The average molecular weight is 466 g/mol. The molecule has 0 radical (unpaired) electrons. The van der Waals surface area contributed by atoms with Crippen LogP contribution in [0.1, 0.15) is 17.3 Å². The number of aromatic hydroxyl groups is 1. The van der Waals surface area contributed by atoms with Crippen molar-refractivity contribution in [1.82, 2.24) is 4.90 Å². The maximum Gasteiger partial charge on any atom is 0.341 e. The first-order valence-electron chi connectivity index (χ1n) is 11.0. The number of anilines is 2. The molecule has 1 amide bonds. The number of rotatable bonds is 7. The molecule has 1 aliphatic heterocycles. The summed E-state index contributed by atoms with van der Waals surface area (Å²) in [7, 11) is 0. The molecule has 0 atom stereocenters. The van der Waals surface area contributed by atoms with Crippen molar-refractivity contribution in [3.8, 4) is 16.9 Å². The van der Waals surface area contributed by atoms with Crippen LogP contribution < -0.4 is 10.2 Å². The Kier molecular flexibility index (Phi) is 7.26. The molecule has 0 aliphatic carbocycles. The third kappa shape index (κ3) is 5.35. The first-order valence-corrected chi connectivity index (χ1v) is 11.8. The van der Waals surface area contributed by atoms with Gasteiger partial charge in [-0.25, -0.2) is 4.79 Å². The van der Waals surface area contributed by atoms with Gasteiger partial charge in [-0.2, -0.15) is 0 Å². The van der Waals surface area contributed by atoms with E-state index in [4.69, 9.17) is 4.74 Å². The second kappa shape index (κ2) is 10.5. The number of piperazine rings is 1. The Bertz CT molecular complexity index is 1110. The minimum absolute atomic E-state index is 0.169. The molecule has 7 nitrogen and oxygen atoms in total. The maximum atomic E-state index is 12.8. The summed E-state index contributed by atoms with van der Waals surface area (Å²) in [6.07, 6.45) is 0. The highest BCUT2D eigenvalue weighted by atomic mass is 32.1. The highest BCUT2D eigenvalue weighted by Gasteiger charge is 2.25. The Morgan fingerprint density at radius 2 is 1.73 bits per heavy atom. The smallest absolute Gasteiger partial charge is 0.341 e. The van der Waals surface area contributed by atoms with Crippen molar-refractivity contribution in [2.45, 2.75) is 6.92 Å². The molecule has 0 bridgehead atoms. The molecule has 33 heavy (non-hydrogen) atoms. The van der Waals surface area contributed by atoms with Gasteiger partial charge in [-0.3, -0.25) is 9.69 Å². The number of ether oxygens (including phenoxy) is 1. The fourth-order valence-electron chi connectivity index (χ4n) is 3.93. The molecule has 8 heteroatoms. The minimum Gasteiger partial charge on any atom is -0.506 e. The lowest BCUT2D eigenvalue weighted by Crippen LogP contribution is -2.48. The summed E-state index contributed by atoms with van der Waals surface area (Å²) in [6.45, 7) is 5.09. The van der Waals surface area contributed by atoms with Crippen LogP contribution in [0.25, 0.3) is 11.1 Å². The maximum absolute atomic E-state index is 12.8. The Labute approximate surface area is 197 Å². The molecule has 4 rings (SSSR count). The van der Waals surface area contributed by atoms with Gasteiger partial charge in [-0.15, -0.1) is 11.3 Å². The molecular formula is C25H27N3O4S. The van der Waals surface area contributed by atoms with E-state index in [0.717, 1.165) is 29.9 Å². The predicted octanol–water partition coefficient (Wildman–Crippen LogP) is 4.06. The van der Waals surface area contributed by atoms with Gasteiger partial charge in [-0.05, 0) is 24.6 Å². The van der Waals surface area contributed by atoms with Crippen molar-refractivity contribution in [3.63, 3.8) is 0 Å². The standard InChI is InChI=1S/C25H27N3O4S/c1-2-32-25(31)23-19(18-8-4-3-5-9-18)17-33-24(23)26-22(30)16-27-12-14-28(15-13-27)20-10-6-7-11-21(20)29/h3-11,17,29H,2,12-16H2,1H3,(H,26,30). The number of hydrogen-bond acceptors (Lipinski definition) is 7. The van der Waals surface area contributed by atoms with Crippen LogP contribution in [-0.4, -0.2) is 61.2 Å². The van der Waals surface area contributed by atoms with Crippen LogP contribution in [0, 0.1) is 0 Å². The molecule has 1 saturated heterocycles. The van der Waals surface area contributed by atoms with E-state index in [1.807, 2.05) is 47.8 Å². The SMILES string of the molecule is CCOC(=O)c1c(-c2ccccc2)csc1NC(=O)CN1CCN(c2ccccc2O)CC1. The van der Waals surface area contributed by atoms with Crippen LogP contribution in [0.3, 0.4) is 0 Å². The fraction of sp³-hybridized carbons (Fsp3) is 0.280. The van der Waals surface area contributed by atoms with Crippen LogP contribution in [0.4, 0.5) is 10.7 Å². The zero-order chi connectivity index (χ0) is 23.2. The van der Waals surface area contributed by atoms with Crippen LogP contribution in [-0.2, 0) is 9.53 Å². The molecule has 0 unspecified atom stereocenters. The van der Waals surface area contributed by atoms with Gasteiger partial charge in [0.1, 0.15) is 16.3 Å². The lowest BCUT2D eigenvalue weighted by molar-refractivity contribution is -0.117. The van der Waals surface area contributed by atoms with Gasteiger partial charge in [0, 0.05) is 37.1 Å². The van der Waals surface area contributed by atoms with Crippen LogP contribution in [0.2, 0.25) is 0 Å². The highest BCUT2D eigenvalue weighted by molar-refractivity contribution is 7.15. The molecule has 2 aromatic carbocycles. The highest BCUT2D eigenvalue weighted by Crippen LogP contribution is 2.36. The van der Waals surface area contributed by atoms with Crippen LogP contribution in [0.5, 0.6) is 5.75 Å². The molecule has 1 aliphatic rings. The number of nitrogens with one attached hydrogen (secondary N) is 1. The average Bonchev–Trinajstić information content (AvgIpc) is 3.24. The second-order valence-electron chi connectivity index (χ2n) is 7.74. The Morgan fingerprint density at radius 1 is 1.03 bits per heavy atom. The molecule has 1 aromatic heterocycles. The summed E-state index contributed by atoms with van der Waals surface area (Å²) in [5, 5.41) is 15.4. The Morgan fingerprint density at radius 3 is 2.42 bits per heavy atom. The van der Waals surface area contributed by atoms with Gasteiger partial charge in [0.15, 0.2) is 0 Å². The van der Waals surface area contributed by atoms with E-state index in [2.05, 4.69) is 15.1 Å². The Balaban J connectivity index is 1.41. The number of phenolic OH excluding ortho intramolecular Hbond substituents is 1. The van der Waals surface area contributed by atoms with Crippen LogP contribution in [0.15, 0.2) is 60.0 Å². The van der Waals surface area contributed by atoms with Gasteiger partial charge >= 0.3 is 5.97 Å². The molecular weight excluding hydrogens is 438 g/mol. The predicted molar refractivity (Wildman–Crippen MR) is 131 cm³/mol. The zero-order valence-electron chi connectivity index (χ0n) is 18.5. The van der Waals surface area contributed by atoms with Gasteiger partial charge in [0.05, 0.1) is 18.8 Å². The number of carbonyl (C=O) groups excluding carboxylic acids is 2. The minimum atomic E-state index is -0.441. The Hall–Kier alpha value is -3.36. The van der Waals surface area contributed by atoms with E-state index >= 15 is 0 Å². The fourth-order valence-corrected chi connectivity index (χ4v) is 4.91. The van der Waals surface area contributed by atoms with E-state index in [1.54, 1.807) is 19.1 Å². The second-order valence-corrected chi connectivity index (χ2v) is 8.62. The van der Waals surface area contributed by atoms with E-state index in [9.17, 15) is 14.7 Å². The third-order valence-electron chi connectivity index (χ3n) is 5.57. The van der Waals surface area contributed by atoms with E-state index < -0.39 is 5.97 Å². The van der Waals surface area contributed by atoms with Crippen molar-refractivity contribution in [2.24, 2.45) is 0 Å². The lowest BCUT2D eigenvalue weighted by atomic mass is 10.0. The van der Waals surface area contributed by atoms with Gasteiger partial charge < -0.3 is 20.1 Å². The lowest BCUT2D eigenvalue weighted by Gasteiger charge is -2.35. The number of esters is 1. The summed E-state index contributed by atoms with van der Waals surface area (Å²) >= 11 is 1.33. The third-order valence-corrected chi connectivity index (χ3v) is 6.47. The first kappa shape index (κ1) is 22.8. The van der Waals surface area contributed by atoms with E-state index in [1.165, 1.54) is 11.3 Å². The summed E-state index contributed by atoms with van der Waals surface area (Å²) in [4.78, 5) is 29.7. The van der Waals surface area contributed by atoms with Gasteiger partial charge in [0.25, 0.3) is 0 Å². The number of carbonyl (C=O) groups is 2. The van der Waals surface area contributed by atoms with E-state index in [0.29, 0.717) is 23.7 Å². The number of benzene rings is 2. The number of nitrogens with zero attached hydrogens (tertiary/aromatic N) is 2. The summed E-state index contributed by atoms with van der Waals surface area (Å²) in [5.74, 6) is -0.343.